The van der Waals surface area contributed by atoms with Gasteiger partial charge in [0.15, 0.2) is 0 Å². The molecule has 6 nitrogen and oxygen atoms in total. The molecule has 0 amide bonds. The first-order valence-corrected chi connectivity index (χ1v) is 9.87. The summed E-state index contributed by atoms with van der Waals surface area (Å²) in [5.74, 6) is 3.23. The van der Waals surface area contributed by atoms with Gasteiger partial charge in [-0.3, -0.25) is 0 Å². The number of hydrogen-bond acceptors (Lipinski definition) is 6. The second kappa shape index (κ2) is 8.23. The highest BCUT2D eigenvalue weighted by Crippen LogP contribution is 2.31. The predicted octanol–water partition coefficient (Wildman–Crippen LogP) is 2.38. The molecule has 144 valence electrons. The van der Waals surface area contributed by atoms with Crippen LogP contribution in [0.1, 0.15) is 35.5 Å². The number of aryl methyl sites for hydroxylation is 1. The summed E-state index contributed by atoms with van der Waals surface area (Å²) >= 11 is 0. The third-order valence-corrected chi connectivity index (χ3v) is 5.49. The van der Waals surface area contributed by atoms with Gasteiger partial charge in [0, 0.05) is 31.6 Å². The standard InChI is InChI=1S/C21H28N4O2/c1-15-23-19-14-27-20-7-3-2-6-17(20)11-18(19)21(24-15)22-12-16-5-4-8-25(13-16)9-10-26/h2-3,6-7,16,26H,4-5,8-14H2,1H3,(H,22,23,24)/t16-/m1/s1. The number of para-hydroxylation sites is 1. The van der Waals surface area contributed by atoms with Gasteiger partial charge in [-0.15, -0.1) is 0 Å². The number of rotatable bonds is 5. The first kappa shape index (κ1) is 18.2. The zero-order chi connectivity index (χ0) is 18.6. The average molecular weight is 368 g/mol. The van der Waals surface area contributed by atoms with Crippen LogP contribution < -0.4 is 10.1 Å². The summed E-state index contributed by atoms with van der Waals surface area (Å²) in [4.78, 5) is 11.7. The summed E-state index contributed by atoms with van der Waals surface area (Å²) in [5.41, 5.74) is 3.30. The van der Waals surface area contributed by atoms with E-state index >= 15 is 0 Å². The maximum Gasteiger partial charge on any atom is 0.133 e. The summed E-state index contributed by atoms with van der Waals surface area (Å²) in [6.07, 6.45) is 3.19. The smallest absolute Gasteiger partial charge is 0.133 e. The van der Waals surface area contributed by atoms with Crippen molar-refractivity contribution in [3.05, 3.63) is 46.9 Å². The molecule has 0 unspecified atom stereocenters. The third kappa shape index (κ3) is 4.22. The van der Waals surface area contributed by atoms with Crippen molar-refractivity contribution in [2.45, 2.75) is 32.8 Å². The highest BCUT2D eigenvalue weighted by molar-refractivity contribution is 5.52. The highest BCUT2D eigenvalue weighted by atomic mass is 16.5. The van der Waals surface area contributed by atoms with Crippen LogP contribution in [0.4, 0.5) is 5.82 Å². The molecule has 6 heteroatoms. The zero-order valence-electron chi connectivity index (χ0n) is 15.9. The van der Waals surface area contributed by atoms with Crippen molar-refractivity contribution in [3.8, 4) is 5.75 Å². The van der Waals surface area contributed by atoms with E-state index in [1.807, 2.05) is 25.1 Å². The minimum absolute atomic E-state index is 0.234. The van der Waals surface area contributed by atoms with Gasteiger partial charge < -0.3 is 20.1 Å². The molecule has 2 aliphatic heterocycles. The minimum atomic E-state index is 0.234. The van der Waals surface area contributed by atoms with Gasteiger partial charge in [0.25, 0.3) is 0 Å². The number of likely N-dealkylation sites (tertiary alicyclic amines) is 1. The molecule has 1 fully saturated rings. The normalized spacial score (nSPS) is 19.6. The molecule has 0 bridgehead atoms. The van der Waals surface area contributed by atoms with Crippen LogP contribution in [-0.4, -0.2) is 52.8 Å². The van der Waals surface area contributed by atoms with E-state index in [1.54, 1.807) is 0 Å². The number of β-amino-alcohol motifs (C(OH)–C–C–N with tert-alkyl or cyclic N) is 1. The van der Waals surface area contributed by atoms with E-state index in [-0.39, 0.29) is 6.61 Å². The number of fused-ring (bicyclic) bond motifs is 2. The topological polar surface area (TPSA) is 70.5 Å². The number of anilines is 1. The largest absolute Gasteiger partial charge is 0.487 e. The van der Waals surface area contributed by atoms with Gasteiger partial charge >= 0.3 is 0 Å². The number of aliphatic hydroxyl groups excluding tert-OH is 1. The number of piperidine rings is 1. The quantitative estimate of drug-likeness (QED) is 0.844. The lowest BCUT2D eigenvalue weighted by Gasteiger charge is -2.32. The van der Waals surface area contributed by atoms with Gasteiger partial charge in [-0.2, -0.15) is 0 Å². The lowest BCUT2D eigenvalue weighted by molar-refractivity contribution is 0.144. The number of aromatic nitrogens is 2. The Kier molecular flexibility index (Phi) is 5.55. The fraction of sp³-hybridized carbons (Fsp3) is 0.524. The lowest BCUT2D eigenvalue weighted by Crippen LogP contribution is -2.39. The number of nitrogens with one attached hydrogen (secondary N) is 1. The molecule has 2 N–H and O–H groups in total. The maximum atomic E-state index is 9.20. The molecule has 0 aliphatic carbocycles. The first-order chi connectivity index (χ1) is 13.2. The Morgan fingerprint density at radius 2 is 2.19 bits per heavy atom. The van der Waals surface area contributed by atoms with Crippen LogP contribution in [0.25, 0.3) is 0 Å². The van der Waals surface area contributed by atoms with Crippen molar-refractivity contribution in [2.75, 3.05) is 38.1 Å². The predicted molar refractivity (Wildman–Crippen MR) is 105 cm³/mol. The van der Waals surface area contributed by atoms with Crippen LogP contribution in [0, 0.1) is 12.8 Å². The second-order valence-corrected chi connectivity index (χ2v) is 7.53. The van der Waals surface area contributed by atoms with Gasteiger partial charge in [-0.1, -0.05) is 18.2 Å². The molecular formula is C21H28N4O2. The van der Waals surface area contributed by atoms with Crippen molar-refractivity contribution in [2.24, 2.45) is 5.92 Å². The van der Waals surface area contributed by atoms with Crippen LogP contribution in [0.3, 0.4) is 0 Å². The molecule has 1 atom stereocenters. The molecular weight excluding hydrogens is 340 g/mol. The third-order valence-electron chi connectivity index (χ3n) is 5.49. The number of nitrogens with zero attached hydrogens (tertiary/aromatic N) is 3. The second-order valence-electron chi connectivity index (χ2n) is 7.53. The Morgan fingerprint density at radius 3 is 3.07 bits per heavy atom. The minimum Gasteiger partial charge on any atom is -0.487 e. The number of benzene rings is 1. The van der Waals surface area contributed by atoms with E-state index in [4.69, 9.17) is 9.72 Å². The fourth-order valence-corrected chi connectivity index (χ4v) is 4.14. The van der Waals surface area contributed by atoms with Gasteiger partial charge in [0.1, 0.15) is 24.0 Å². The molecule has 1 saturated heterocycles. The molecule has 2 aliphatic rings. The molecule has 0 spiro atoms. The van der Waals surface area contributed by atoms with E-state index < -0.39 is 0 Å². The molecule has 4 rings (SSSR count). The lowest BCUT2D eigenvalue weighted by atomic mass is 9.97. The molecule has 27 heavy (non-hydrogen) atoms. The van der Waals surface area contributed by atoms with Crippen molar-refractivity contribution in [1.82, 2.24) is 14.9 Å². The molecule has 2 aromatic rings. The Hall–Kier alpha value is -2.18. The number of hydrogen-bond donors (Lipinski definition) is 2. The first-order valence-electron chi connectivity index (χ1n) is 9.87. The highest BCUT2D eigenvalue weighted by Gasteiger charge is 2.22. The molecule has 1 aromatic heterocycles. The molecule has 0 saturated carbocycles. The SMILES string of the molecule is Cc1nc2c(c(NC[C@H]3CCCN(CCO)C3)n1)Cc1ccccc1OC2. The van der Waals surface area contributed by atoms with E-state index in [0.29, 0.717) is 12.5 Å². The summed E-state index contributed by atoms with van der Waals surface area (Å²) in [5, 5.41) is 12.8. The van der Waals surface area contributed by atoms with Crippen LogP contribution >= 0.6 is 0 Å². The average Bonchev–Trinajstić information content (AvgIpc) is 2.86. The maximum absolute atomic E-state index is 9.20. The van der Waals surface area contributed by atoms with Gasteiger partial charge in [-0.05, 0) is 43.9 Å². The van der Waals surface area contributed by atoms with Gasteiger partial charge in [0.2, 0.25) is 0 Å². The van der Waals surface area contributed by atoms with E-state index in [1.165, 1.54) is 18.4 Å². The summed E-state index contributed by atoms with van der Waals surface area (Å²) in [6, 6.07) is 8.19. The van der Waals surface area contributed by atoms with Gasteiger partial charge in [-0.25, -0.2) is 9.97 Å². The van der Waals surface area contributed by atoms with Crippen molar-refractivity contribution >= 4 is 5.82 Å². The van der Waals surface area contributed by atoms with E-state index in [0.717, 1.165) is 61.2 Å². The summed E-state index contributed by atoms with van der Waals surface area (Å²) < 4.78 is 5.97. The van der Waals surface area contributed by atoms with E-state index in [2.05, 4.69) is 21.3 Å². The summed E-state index contributed by atoms with van der Waals surface area (Å²) in [7, 11) is 0. The van der Waals surface area contributed by atoms with Gasteiger partial charge in [0.05, 0.1) is 12.3 Å². The van der Waals surface area contributed by atoms with Crippen molar-refractivity contribution < 1.29 is 9.84 Å². The Morgan fingerprint density at radius 1 is 1.30 bits per heavy atom. The Balaban J connectivity index is 1.51. The van der Waals surface area contributed by atoms with Crippen LogP contribution in [0.2, 0.25) is 0 Å². The Labute approximate surface area is 160 Å². The van der Waals surface area contributed by atoms with Crippen molar-refractivity contribution in [1.29, 1.82) is 0 Å². The zero-order valence-corrected chi connectivity index (χ0v) is 15.9. The monoisotopic (exact) mass is 368 g/mol. The fourth-order valence-electron chi connectivity index (χ4n) is 4.14. The summed E-state index contributed by atoms with van der Waals surface area (Å²) in [6.45, 7) is 6.45. The van der Waals surface area contributed by atoms with E-state index in [9.17, 15) is 5.11 Å². The van der Waals surface area contributed by atoms with Crippen LogP contribution in [-0.2, 0) is 13.0 Å². The number of aliphatic hydroxyl groups is 1. The number of ether oxygens (including phenoxy) is 1. The Bertz CT molecular complexity index is 794. The molecule has 1 aromatic carbocycles. The van der Waals surface area contributed by atoms with Crippen LogP contribution in [0.15, 0.2) is 24.3 Å². The molecule has 0 radical (unpaired) electrons. The molecule has 3 heterocycles. The van der Waals surface area contributed by atoms with Crippen LogP contribution in [0.5, 0.6) is 5.75 Å². The van der Waals surface area contributed by atoms with Crippen molar-refractivity contribution in [3.63, 3.8) is 0 Å².